The summed E-state index contributed by atoms with van der Waals surface area (Å²) in [5, 5.41) is 15.0. The smallest absolute Gasteiger partial charge is 0.326 e. The van der Waals surface area contributed by atoms with E-state index >= 15 is 0 Å². The summed E-state index contributed by atoms with van der Waals surface area (Å²) in [5.74, 6) is -2.30. The summed E-state index contributed by atoms with van der Waals surface area (Å²) in [6, 6.07) is 0.523. The third-order valence-electron chi connectivity index (χ3n) is 2.18. The highest BCUT2D eigenvalue weighted by Gasteiger charge is 2.20. The van der Waals surface area contributed by atoms with Crippen molar-refractivity contribution in [2.24, 2.45) is 5.73 Å². The van der Waals surface area contributed by atoms with E-state index in [0.29, 0.717) is 0 Å². The zero-order chi connectivity index (χ0) is 13.5. The highest BCUT2D eigenvalue weighted by Crippen LogP contribution is 1.98. The number of aromatic nitrogens is 2. The van der Waals surface area contributed by atoms with Gasteiger partial charge in [0, 0.05) is 18.8 Å². The molecular weight excluding hydrogens is 240 g/mol. The van der Waals surface area contributed by atoms with Gasteiger partial charge in [0.1, 0.15) is 12.6 Å². The van der Waals surface area contributed by atoms with Gasteiger partial charge in [-0.25, -0.2) is 4.79 Å². The number of aliphatic carboxylic acids is 1. The molecule has 1 aromatic rings. The fourth-order valence-electron chi connectivity index (χ4n) is 1.33. The molecule has 0 aliphatic carbocycles. The minimum atomic E-state index is -1.20. The number of carbonyl (C=O) groups excluding carboxylic acids is 2. The second-order valence-electron chi connectivity index (χ2n) is 3.67. The standard InChI is InChI=1S/C10H14N4O4/c11-8(15)3-2-7(10(17)18)13-9(16)6-14-5-1-4-12-14/h1,4-5,7H,2-3,6H2,(H2,11,15)(H,13,16)(H,17,18)/t7-/m0/s1. The van der Waals surface area contributed by atoms with E-state index in [4.69, 9.17) is 10.8 Å². The number of amides is 2. The zero-order valence-corrected chi connectivity index (χ0v) is 9.57. The molecule has 1 heterocycles. The fourth-order valence-corrected chi connectivity index (χ4v) is 1.33. The van der Waals surface area contributed by atoms with Crippen molar-refractivity contribution in [1.29, 1.82) is 0 Å². The van der Waals surface area contributed by atoms with Gasteiger partial charge in [-0.1, -0.05) is 0 Å². The van der Waals surface area contributed by atoms with E-state index in [-0.39, 0.29) is 19.4 Å². The molecular formula is C10H14N4O4. The number of hydrogen-bond donors (Lipinski definition) is 3. The molecule has 0 fully saturated rings. The summed E-state index contributed by atoms with van der Waals surface area (Å²) in [5.41, 5.74) is 4.92. The van der Waals surface area contributed by atoms with Gasteiger partial charge in [0.05, 0.1) is 0 Å². The van der Waals surface area contributed by atoms with Gasteiger partial charge in [0.2, 0.25) is 11.8 Å². The van der Waals surface area contributed by atoms with Gasteiger partial charge in [-0.05, 0) is 12.5 Å². The summed E-state index contributed by atoms with van der Waals surface area (Å²) in [7, 11) is 0. The molecule has 0 saturated heterocycles. The maximum absolute atomic E-state index is 11.5. The van der Waals surface area contributed by atoms with Crippen LogP contribution in [0.4, 0.5) is 0 Å². The molecule has 0 saturated carbocycles. The van der Waals surface area contributed by atoms with Crippen LogP contribution in [-0.2, 0) is 20.9 Å². The van der Waals surface area contributed by atoms with Crippen LogP contribution in [0.5, 0.6) is 0 Å². The molecule has 8 nitrogen and oxygen atoms in total. The monoisotopic (exact) mass is 254 g/mol. The summed E-state index contributed by atoms with van der Waals surface area (Å²) in [6.45, 7) is -0.0760. The van der Waals surface area contributed by atoms with Crippen LogP contribution in [0.1, 0.15) is 12.8 Å². The number of carboxylic acid groups (broad SMARTS) is 1. The lowest BCUT2D eigenvalue weighted by atomic mass is 10.1. The second kappa shape index (κ2) is 6.38. The average Bonchev–Trinajstić information content (AvgIpc) is 2.76. The Morgan fingerprint density at radius 2 is 2.17 bits per heavy atom. The number of nitrogens with two attached hydrogens (primary N) is 1. The Bertz CT molecular complexity index is 429. The van der Waals surface area contributed by atoms with E-state index < -0.39 is 23.8 Å². The minimum absolute atomic E-state index is 0.0322. The van der Waals surface area contributed by atoms with Gasteiger partial charge in [0.15, 0.2) is 0 Å². The van der Waals surface area contributed by atoms with Crippen LogP contribution in [0.15, 0.2) is 18.5 Å². The molecule has 0 bridgehead atoms. The molecule has 0 aromatic carbocycles. The van der Waals surface area contributed by atoms with Crippen LogP contribution in [0.25, 0.3) is 0 Å². The first kappa shape index (κ1) is 13.7. The molecule has 2 amide bonds. The Morgan fingerprint density at radius 3 is 2.67 bits per heavy atom. The predicted molar refractivity (Wildman–Crippen MR) is 60.2 cm³/mol. The molecule has 0 spiro atoms. The first-order valence-corrected chi connectivity index (χ1v) is 5.27. The lowest BCUT2D eigenvalue weighted by molar-refractivity contribution is -0.142. The van der Waals surface area contributed by atoms with Crippen molar-refractivity contribution in [1.82, 2.24) is 15.1 Å². The number of carboxylic acids is 1. The first-order valence-electron chi connectivity index (χ1n) is 5.27. The second-order valence-corrected chi connectivity index (χ2v) is 3.67. The van der Waals surface area contributed by atoms with Crippen molar-refractivity contribution >= 4 is 17.8 Å². The van der Waals surface area contributed by atoms with E-state index in [9.17, 15) is 14.4 Å². The van der Waals surface area contributed by atoms with Crippen LogP contribution >= 0.6 is 0 Å². The molecule has 18 heavy (non-hydrogen) atoms. The van der Waals surface area contributed by atoms with Gasteiger partial charge in [-0.15, -0.1) is 0 Å². The van der Waals surface area contributed by atoms with Crippen molar-refractivity contribution in [3.05, 3.63) is 18.5 Å². The Kier molecular flexibility index (Phi) is 4.85. The molecule has 1 atom stereocenters. The molecule has 4 N–H and O–H groups in total. The van der Waals surface area contributed by atoms with Crippen LogP contribution in [-0.4, -0.2) is 38.7 Å². The quantitative estimate of drug-likeness (QED) is 0.558. The van der Waals surface area contributed by atoms with Crippen LogP contribution < -0.4 is 11.1 Å². The Balaban J connectivity index is 2.47. The number of carbonyl (C=O) groups is 3. The van der Waals surface area contributed by atoms with Gasteiger partial charge in [0.25, 0.3) is 0 Å². The number of nitrogens with zero attached hydrogens (tertiary/aromatic N) is 2. The topological polar surface area (TPSA) is 127 Å². The van der Waals surface area contributed by atoms with Crippen LogP contribution in [0.3, 0.4) is 0 Å². The third kappa shape index (κ3) is 4.64. The number of rotatable bonds is 7. The molecule has 0 unspecified atom stereocenters. The van der Waals surface area contributed by atoms with E-state index in [1.54, 1.807) is 12.3 Å². The molecule has 0 aliphatic heterocycles. The van der Waals surface area contributed by atoms with Crippen molar-refractivity contribution in [3.63, 3.8) is 0 Å². The van der Waals surface area contributed by atoms with Crippen LogP contribution in [0, 0.1) is 0 Å². The highest BCUT2D eigenvalue weighted by atomic mass is 16.4. The lowest BCUT2D eigenvalue weighted by Gasteiger charge is -2.13. The molecule has 98 valence electrons. The minimum Gasteiger partial charge on any atom is -0.480 e. The lowest BCUT2D eigenvalue weighted by Crippen LogP contribution is -2.42. The number of hydrogen-bond acceptors (Lipinski definition) is 4. The SMILES string of the molecule is NC(=O)CC[C@H](NC(=O)Cn1cccn1)C(=O)O. The maximum atomic E-state index is 11.5. The molecule has 8 heteroatoms. The Morgan fingerprint density at radius 1 is 1.44 bits per heavy atom. The van der Waals surface area contributed by atoms with Gasteiger partial charge in [-0.2, -0.15) is 5.10 Å². The summed E-state index contributed by atoms with van der Waals surface area (Å²) in [6.07, 6.45) is 2.96. The van der Waals surface area contributed by atoms with Gasteiger partial charge in [-0.3, -0.25) is 14.3 Å². The van der Waals surface area contributed by atoms with Crippen molar-refractivity contribution < 1.29 is 19.5 Å². The summed E-state index contributed by atoms with van der Waals surface area (Å²) < 4.78 is 1.36. The van der Waals surface area contributed by atoms with E-state index in [1.807, 2.05) is 0 Å². The van der Waals surface area contributed by atoms with Gasteiger partial charge >= 0.3 is 5.97 Å². The van der Waals surface area contributed by atoms with Crippen molar-refractivity contribution in [3.8, 4) is 0 Å². The molecule has 1 rings (SSSR count). The van der Waals surface area contributed by atoms with E-state index in [1.165, 1.54) is 10.9 Å². The Hall–Kier alpha value is -2.38. The van der Waals surface area contributed by atoms with Crippen molar-refractivity contribution in [2.75, 3.05) is 0 Å². The summed E-state index contributed by atoms with van der Waals surface area (Å²) >= 11 is 0. The number of primary amides is 1. The first-order chi connectivity index (χ1) is 8.49. The largest absolute Gasteiger partial charge is 0.480 e. The van der Waals surface area contributed by atoms with Crippen molar-refractivity contribution in [2.45, 2.75) is 25.4 Å². The Labute approximate surface area is 103 Å². The predicted octanol–water partition coefficient (Wildman–Crippen LogP) is -1.28. The molecule has 0 aliphatic rings. The molecule has 0 radical (unpaired) electrons. The number of nitrogens with one attached hydrogen (secondary N) is 1. The summed E-state index contributed by atoms with van der Waals surface area (Å²) in [4.78, 5) is 33.0. The normalized spacial score (nSPS) is 11.8. The zero-order valence-electron chi connectivity index (χ0n) is 9.57. The fraction of sp³-hybridized carbons (Fsp3) is 0.400. The van der Waals surface area contributed by atoms with E-state index in [0.717, 1.165) is 0 Å². The highest BCUT2D eigenvalue weighted by molar-refractivity contribution is 5.84. The maximum Gasteiger partial charge on any atom is 0.326 e. The van der Waals surface area contributed by atoms with E-state index in [2.05, 4.69) is 10.4 Å². The average molecular weight is 254 g/mol. The van der Waals surface area contributed by atoms with Crippen LogP contribution in [0.2, 0.25) is 0 Å². The molecule has 1 aromatic heterocycles. The third-order valence-corrected chi connectivity index (χ3v) is 2.18. The van der Waals surface area contributed by atoms with Gasteiger partial charge < -0.3 is 16.2 Å².